The lowest BCUT2D eigenvalue weighted by molar-refractivity contribution is -0.143. The van der Waals surface area contributed by atoms with Gasteiger partial charge < -0.3 is 14.5 Å². The van der Waals surface area contributed by atoms with Gasteiger partial charge in [0, 0.05) is 24.4 Å². The first-order valence-electron chi connectivity index (χ1n) is 11.2. The molecule has 3 rings (SSSR count). The summed E-state index contributed by atoms with van der Waals surface area (Å²) in [6.45, 7) is 9.97. The van der Waals surface area contributed by atoms with Crippen molar-refractivity contribution in [1.82, 2.24) is 9.80 Å². The van der Waals surface area contributed by atoms with E-state index in [1.807, 2.05) is 56.9 Å². The van der Waals surface area contributed by atoms with Gasteiger partial charge in [0.25, 0.3) is 0 Å². The lowest BCUT2D eigenvalue weighted by Crippen LogP contribution is -2.48. The molecule has 168 valence electrons. The van der Waals surface area contributed by atoms with Gasteiger partial charge in [-0.2, -0.15) is 0 Å². The summed E-state index contributed by atoms with van der Waals surface area (Å²) >= 11 is 1.74. The molecule has 5 nitrogen and oxygen atoms in total. The van der Waals surface area contributed by atoms with E-state index in [1.165, 1.54) is 16.0 Å². The zero-order valence-corrected chi connectivity index (χ0v) is 19.9. The Balaban J connectivity index is 1.74. The van der Waals surface area contributed by atoms with Gasteiger partial charge >= 0.3 is 0 Å². The van der Waals surface area contributed by atoms with Gasteiger partial charge in [-0.05, 0) is 54.8 Å². The fraction of sp³-hybridized carbons (Fsp3) is 0.520. The van der Waals surface area contributed by atoms with E-state index in [0.29, 0.717) is 26.1 Å². The monoisotopic (exact) mass is 442 g/mol. The number of amides is 2. The number of thiophene rings is 1. The SMILES string of the molecule is CCCN(CC(=O)N1CCc2sccc2[C@H]1COc1ccc(C)cc1)C(=O)CC(C)C. The standard InChI is InChI=1S/C25H34N2O3S/c1-5-12-26(24(28)15-18(2)3)16-25(29)27-13-10-23-21(11-14-31-23)22(27)17-30-20-8-6-19(4)7-9-20/h6-9,11,14,18,22H,5,10,12-13,15-17H2,1-4H3/t22-/m1/s1. The summed E-state index contributed by atoms with van der Waals surface area (Å²) in [5.74, 6) is 1.15. The van der Waals surface area contributed by atoms with Crippen LogP contribution in [0.1, 0.15) is 55.7 Å². The van der Waals surface area contributed by atoms with Crippen molar-refractivity contribution in [3.63, 3.8) is 0 Å². The summed E-state index contributed by atoms with van der Waals surface area (Å²) in [4.78, 5) is 31.0. The van der Waals surface area contributed by atoms with E-state index in [4.69, 9.17) is 4.74 Å². The molecule has 0 bridgehead atoms. The third-order valence-corrected chi connectivity index (χ3v) is 6.60. The second-order valence-corrected chi connectivity index (χ2v) is 9.69. The molecule has 31 heavy (non-hydrogen) atoms. The predicted molar refractivity (Wildman–Crippen MR) is 125 cm³/mol. The highest BCUT2D eigenvalue weighted by Gasteiger charge is 2.33. The van der Waals surface area contributed by atoms with Crippen LogP contribution in [0.15, 0.2) is 35.7 Å². The molecule has 0 radical (unpaired) electrons. The van der Waals surface area contributed by atoms with Crippen LogP contribution in [0, 0.1) is 12.8 Å². The van der Waals surface area contributed by atoms with Crippen LogP contribution in [-0.2, 0) is 16.0 Å². The average molecular weight is 443 g/mol. The Bertz CT molecular complexity index is 875. The first-order chi connectivity index (χ1) is 14.9. The van der Waals surface area contributed by atoms with Crippen molar-refractivity contribution in [2.45, 2.75) is 53.0 Å². The minimum absolute atomic E-state index is 0.0000813. The second kappa shape index (κ2) is 10.8. The normalized spacial score (nSPS) is 15.6. The molecule has 1 aromatic heterocycles. The van der Waals surface area contributed by atoms with Gasteiger partial charge in [-0.15, -0.1) is 11.3 Å². The molecule has 2 amide bonds. The zero-order valence-electron chi connectivity index (χ0n) is 19.1. The molecule has 0 unspecified atom stereocenters. The highest BCUT2D eigenvalue weighted by molar-refractivity contribution is 7.10. The number of rotatable bonds is 9. The molecule has 1 aliphatic heterocycles. The van der Waals surface area contributed by atoms with Crippen LogP contribution in [0.2, 0.25) is 0 Å². The largest absolute Gasteiger partial charge is 0.491 e. The van der Waals surface area contributed by atoms with Gasteiger partial charge in [-0.3, -0.25) is 9.59 Å². The number of fused-ring (bicyclic) bond motifs is 1. The van der Waals surface area contributed by atoms with Crippen LogP contribution < -0.4 is 4.74 Å². The summed E-state index contributed by atoms with van der Waals surface area (Å²) in [5, 5.41) is 2.09. The van der Waals surface area contributed by atoms with Crippen LogP contribution in [-0.4, -0.2) is 47.9 Å². The van der Waals surface area contributed by atoms with Crippen molar-refractivity contribution < 1.29 is 14.3 Å². The smallest absolute Gasteiger partial charge is 0.242 e. The molecule has 0 saturated heterocycles. The highest BCUT2D eigenvalue weighted by atomic mass is 32.1. The Hall–Kier alpha value is -2.34. The molecule has 0 fully saturated rings. The molecule has 1 aliphatic rings. The van der Waals surface area contributed by atoms with Crippen molar-refractivity contribution >= 4 is 23.2 Å². The van der Waals surface area contributed by atoms with Gasteiger partial charge in [-0.25, -0.2) is 0 Å². The first-order valence-corrected chi connectivity index (χ1v) is 12.1. The molecule has 0 aliphatic carbocycles. The van der Waals surface area contributed by atoms with Gasteiger partial charge in [0.2, 0.25) is 11.8 Å². The van der Waals surface area contributed by atoms with Crippen molar-refractivity contribution in [2.24, 2.45) is 5.92 Å². The number of benzene rings is 1. The lowest BCUT2D eigenvalue weighted by Gasteiger charge is -2.37. The van der Waals surface area contributed by atoms with E-state index in [-0.39, 0.29) is 30.3 Å². The number of aryl methyl sites for hydroxylation is 1. The summed E-state index contributed by atoms with van der Waals surface area (Å²) in [6, 6.07) is 9.96. The molecule has 2 aromatic rings. The maximum absolute atomic E-state index is 13.4. The average Bonchev–Trinajstić information content (AvgIpc) is 3.21. The third-order valence-electron chi connectivity index (χ3n) is 5.60. The number of carbonyl (C=O) groups excluding carboxylic acids is 2. The Kier molecular flexibility index (Phi) is 8.13. The Morgan fingerprint density at radius 3 is 2.65 bits per heavy atom. The molecule has 0 N–H and O–H groups in total. The topological polar surface area (TPSA) is 49.9 Å². The van der Waals surface area contributed by atoms with Crippen LogP contribution in [0.5, 0.6) is 5.75 Å². The molecular weight excluding hydrogens is 408 g/mol. The van der Waals surface area contributed by atoms with E-state index in [0.717, 1.165) is 18.6 Å². The zero-order chi connectivity index (χ0) is 22.4. The van der Waals surface area contributed by atoms with Crippen molar-refractivity contribution in [2.75, 3.05) is 26.2 Å². The number of nitrogens with zero attached hydrogens (tertiary/aromatic N) is 2. The third kappa shape index (κ3) is 6.10. The summed E-state index contributed by atoms with van der Waals surface area (Å²) in [6.07, 6.45) is 2.17. The van der Waals surface area contributed by atoms with E-state index in [9.17, 15) is 9.59 Å². The van der Waals surface area contributed by atoms with Gasteiger partial charge in [0.05, 0.1) is 12.6 Å². The van der Waals surface area contributed by atoms with Crippen molar-refractivity contribution in [1.29, 1.82) is 0 Å². The Morgan fingerprint density at radius 1 is 1.23 bits per heavy atom. The molecule has 0 saturated carbocycles. The second-order valence-electron chi connectivity index (χ2n) is 8.69. The Labute approximate surface area is 190 Å². The number of hydrogen-bond acceptors (Lipinski definition) is 4. The molecule has 1 aromatic carbocycles. The van der Waals surface area contributed by atoms with Crippen molar-refractivity contribution in [3.8, 4) is 5.75 Å². The van der Waals surface area contributed by atoms with E-state index >= 15 is 0 Å². The lowest BCUT2D eigenvalue weighted by atomic mass is 10.00. The van der Waals surface area contributed by atoms with E-state index in [2.05, 4.69) is 11.4 Å². The molecular formula is C25H34N2O3S. The first kappa shape index (κ1) is 23.3. The highest BCUT2D eigenvalue weighted by Crippen LogP contribution is 2.34. The minimum atomic E-state index is -0.132. The molecule has 1 atom stereocenters. The maximum atomic E-state index is 13.4. The quantitative estimate of drug-likeness (QED) is 0.558. The summed E-state index contributed by atoms with van der Waals surface area (Å²) in [5.41, 5.74) is 2.36. The molecule has 6 heteroatoms. The van der Waals surface area contributed by atoms with Gasteiger partial charge in [-0.1, -0.05) is 38.5 Å². The van der Waals surface area contributed by atoms with Crippen LogP contribution in [0.4, 0.5) is 0 Å². The predicted octanol–water partition coefficient (Wildman–Crippen LogP) is 4.85. The van der Waals surface area contributed by atoms with Gasteiger partial charge in [0.15, 0.2) is 0 Å². The van der Waals surface area contributed by atoms with Crippen LogP contribution >= 0.6 is 11.3 Å². The number of carbonyl (C=O) groups is 2. The molecule has 0 spiro atoms. The molecule has 2 heterocycles. The minimum Gasteiger partial charge on any atom is -0.491 e. The van der Waals surface area contributed by atoms with Crippen molar-refractivity contribution in [3.05, 3.63) is 51.7 Å². The summed E-state index contributed by atoms with van der Waals surface area (Å²) in [7, 11) is 0. The Morgan fingerprint density at radius 2 is 1.97 bits per heavy atom. The van der Waals surface area contributed by atoms with Crippen LogP contribution in [0.3, 0.4) is 0 Å². The fourth-order valence-electron chi connectivity index (χ4n) is 3.98. The van der Waals surface area contributed by atoms with E-state index < -0.39 is 0 Å². The van der Waals surface area contributed by atoms with Gasteiger partial charge in [0.1, 0.15) is 12.4 Å². The fourth-order valence-corrected chi connectivity index (χ4v) is 4.91. The number of hydrogen-bond donors (Lipinski definition) is 0. The maximum Gasteiger partial charge on any atom is 0.242 e. The van der Waals surface area contributed by atoms with Crippen LogP contribution in [0.25, 0.3) is 0 Å². The van der Waals surface area contributed by atoms with E-state index in [1.54, 1.807) is 16.2 Å². The number of ether oxygens (including phenoxy) is 1. The summed E-state index contributed by atoms with van der Waals surface area (Å²) < 4.78 is 6.09.